The van der Waals surface area contributed by atoms with Gasteiger partial charge in [0.2, 0.25) is 0 Å². The number of hydrogen-bond donors (Lipinski definition) is 1. The van der Waals surface area contributed by atoms with Crippen molar-refractivity contribution >= 4 is 23.0 Å². The number of hydrogen-bond acceptors (Lipinski definition) is 2. The lowest BCUT2D eigenvalue weighted by Gasteiger charge is -2.21. The molecule has 84 valence electrons. The highest BCUT2D eigenvalue weighted by Gasteiger charge is 2.05. The Morgan fingerprint density at radius 3 is 2.73 bits per heavy atom. The molecule has 1 rings (SSSR count). The van der Waals surface area contributed by atoms with Gasteiger partial charge in [0.1, 0.15) is 0 Å². The van der Waals surface area contributed by atoms with Gasteiger partial charge in [0.05, 0.1) is 11.4 Å². The van der Waals surface area contributed by atoms with Crippen LogP contribution in [0.15, 0.2) is 18.2 Å². The molecule has 0 atom stereocenters. The summed E-state index contributed by atoms with van der Waals surface area (Å²) < 4.78 is 0. The van der Waals surface area contributed by atoms with Crippen LogP contribution in [0.3, 0.4) is 0 Å². The van der Waals surface area contributed by atoms with E-state index in [0.29, 0.717) is 0 Å². The molecule has 0 spiro atoms. The Labute approximate surface area is 97.0 Å². The van der Waals surface area contributed by atoms with Crippen molar-refractivity contribution in [3.8, 4) is 0 Å². The van der Waals surface area contributed by atoms with Crippen molar-refractivity contribution in [2.75, 3.05) is 24.2 Å². The van der Waals surface area contributed by atoms with Crippen LogP contribution in [0.2, 0.25) is 5.02 Å². The Balaban J connectivity index is 2.64. The first-order chi connectivity index (χ1) is 7.15. The van der Waals surface area contributed by atoms with Crippen LogP contribution in [0.25, 0.3) is 0 Å². The summed E-state index contributed by atoms with van der Waals surface area (Å²) in [4.78, 5) is 2.16. The molecule has 0 unspecified atom stereocenters. The number of nitrogens with zero attached hydrogens (tertiary/aromatic N) is 1. The summed E-state index contributed by atoms with van der Waals surface area (Å²) in [7, 11) is 2.05. The van der Waals surface area contributed by atoms with Crippen LogP contribution in [-0.4, -0.2) is 13.6 Å². The highest BCUT2D eigenvalue weighted by molar-refractivity contribution is 6.31. The molecule has 0 aliphatic heterocycles. The number of nitrogen functional groups attached to an aromatic ring is 1. The number of benzene rings is 1. The normalized spacial score (nSPS) is 10.3. The van der Waals surface area contributed by atoms with Crippen LogP contribution < -0.4 is 10.6 Å². The summed E-state index contributed by atoms with van der Waals surface area (Å²) in [5.41, 5.74) is 7.71. The second kappa shape index (κ2) is 5.86. The van der Waals surface area contributed by atoms with Gasteiger partial charge in [-0.25, -0.2) is 0 Å². The minimum atomic E-state index is 0.738. The molecule has 0 radical (unpaired) electrons. The second-order valence-electron chi connectivity index (χ2n) is 3.83. The van der Waals surface area contributed by atoms with Crippen molar-refractivity contribution in [3.63, 3.8) is 0 Å². The topological polar surface area (TPSA) is 29.3 Å². The zero-order valence-electron chi connectivity index (χ0n) is 9.46. The number of anilines is 2. The van der Waals surface area contributed by atoms with E-state index in [1.165, 1.54) is 19.3 Å². The van der Waals surface area contributed by atoms with Crippen LogP contribution in [0.4, 0.5) is 11.4 Å². The number of halogens is 1. The molecule has 0 saturated carbocycles. The summed E-state index contributed by atoms with van der Waals surface area (Å²) in [6, 6.07) is 5.59. The number of nitrogens with two attached hydrogens (primary N) is 1. The summed E-state index contributed by atoms with van der Waals surface area (Å²) in [6.07, 6.45) is 3.68. The van der Waals surface area contributed by atoms with Crippen LogP contribution in [-0.2, 0) is 0 Å². The van der Waals surface area contributed by atoms with E-state index in [1.54, 1.807) is 0 Å². The Bertz CT molecular complexity index is 312. The molecular formula is C12H19ClN2. The summed E-state index contributed by atoms with van der Waals surface area (Å²) in [6.45, 7) is 3.23. The third-order valence-corrected chi connectivity index (χ3v) is 2.74. The maximum atomic E-state index is 5.94. The highest BCUT2D eigenvalue weighted by Crippen LogP contribution is 2.26. The van der Waals surface area contributed by atoms with Gasteiger partial charge in [-0.1, -0.05) is 31.4 Å². The lowest BCUT2D eigenvalue weighted by molar-refractivity contribution is 0.705. The van der Waals surface area contributed by atoms with E-state index in [4.69, 9.17) is 17.3 Å². The molecule has 2 nitrogen and oxygen atoms in total. The van der Waals surface area contributed by atoms with Crippen molar-refractivity contribution in [1.29, 1.82) is 0 Å². The minimum absolute atomic E-state index is 0.738. The van der Waals surface area contributed by atoms with E-state index in [1.807, 2.05) is 18.2 Å². The molecule has 2 N–H and O–H groups in total. The van der Waals surface area contributed by atoms with Gasteiger partial charge in [0.15, 0.2) is 0 Å². The SMILES string of the molecule is CCCCCN(C)c1cc(Cl)ccc1N. The second-order valence-corrected chi connectivity index (χ2v) is 4.27. The zero-order valence-corrected chi connectivity index (χ0v) is 10.2. The van der Waals surface area contributed by atoms with Crippen molar-refractivity contribution in [2.45, 2.75) is 26.2 Å². The van der Waals surface area contributed by atoms with Crippen molar-refractivity contribution in [2.24, 2.45) is 0 Å². The van der Waals surface area contributed by atoms with E-state index in [9.17, 15) is 0 Å². The smallest absolute Gasteiger partial charge is 0.0612 e. The first-order valence-electron chi connectivity index (χ1n) is 5.41. The monoisotopic (exact) mass is 226 g/mol. The van der Waals surface area contributed by atoms with Crippen LogP contribution in [0.5, 0.6) is 0 Å². The minimum Gasteiger partial charge on any atom is -0.397 e. The van der Waals surface area contributed by atoms with Crippen molar-refractivity contribution in [1.82, 2.24) is 0 Å². The van der Waals surface area contributed by atoms with Crippen LogP contribution >= 0.6 is 11.6 Å². The first kappa shape index (κ1) is 12.2. The van der Waals surface area contributed by atoms with E-state index in [-0.39, 0.29) is 0 Å². The van der Waals surface area contributed by atoms with E-state index in [2.05, 4.69) is 18.9 Å². The quantitative estimate of drug-likeness (QED) is 0.615. The third kappa shape index (κ3) is 3.63. The lowest BCUT2D eigenvalue weighted by Crippen LogP contribution is -2.19. The maximum Gasteiger partial charge on any atom is 0.0612 e. The average molecular weight is 227 g/mol. The number of rotatable bonds is 5. The van der Waals surface area contributed by atoms with Gasteiger partial charge in [0.25, 0.3) is 0 Å². The fourth-order valence-electron chi connectivity index (χ4n) is 1.57. The lowest BCUT2D eigenvalue weighted by atomic mass is 10.2. The highest BCUT2D eigenvalue weighted by atomic mass is 35.5. The molecule has 1 aromatic rings. The molecule has 3 heteroatoms. The molecule has 0 aliphatic rings. The van der Waals surface area contributed by atoms with Gasteiger partial charge in [-0.3, -0.25) is 0 Å². The Hall–Kier alpha value is -0.890. The molecular weight excluding hydrogens is 208 g/mol. The van der Waals surface area contributed by atoms with E-state index < -0.39 is 0 Å². The third-order valence-electron chi connectivity index (χ3n) is 2.50. The Morgan fingerprint density at radius 1 is 1.33 bits per heavy atom. The van der Waals surface area contributed by atoms with Crippen LogP contribution in [0.1, 0.15) is 26.2 Å². The van der Waals surface area contributed by atoms with E-state index >= 15 is 0 Å². The molecule has 0 aliphatic carbocycles. The number of unbranched alkanes of at least 4 members (excludes halogenated alkanes) is 2. The molecule has 15 heavy (non-hydrogen) atoms. The van der Waals surface area contributed by atoms with Gasteiger partial charge >= 0.3 is 0 Å². The molecule has 0 bridgehead atoms. The Morgan fingerprint density at radius 2 is 2.07 bits per heavy atom. The molecule has 0 heterocycles. The van der Waals surface area contributed by atoms with E-state index in [0.717, 1.165) is 22.9 Å². The largest absolute Gasteiger partial charge is 0.397 e. The van der Waals surface area contributed by atoms with Crippen molar-refractivity contribution in [3.05, 3.63) is 23.2 Å². The van der Waals surface area contributed by atoms with Gasteiger partial charge in [0, 0.05) is 18.6 Å². The van der Waals surface area contributed by atoms with Crippen molar-refractivity contribution < 1.29 is 0 Å². The average Bonchev–Trinajstić information content (AvgIpc) is 2.22. The first-order valence-corrected chi connectivity index (χ1v) is 5.79. The molecule has 0 saturated heterocycles. The van der Waals surface area contributed by atoms with Gasteiger partial charge in [-0.15, -0.1) is 0 Å². The van der Waals surface area contributed by atoms with Crippen LogP contribution in [0, 0.1) is 0 Å². The summed E-state index contributed by atoms with van der Waals surface area (Å²) >= 11 is 5.94. The fourth-order valence-corrected chi connectivity index (χ4v) is 1.73. The standard InChI is InChI=1S/C12H19ClN2/c1-3-4-5-8-15(2)12-9-10(13)6-7-11(12)14/h6-7,9H,3-5,8,14H2,1-2H3. The Kier molecular flexibility index (Phi) is 4.76. The van der Waals surface area contributed by atoms with Gasteiger partial charge < -0.3 is 10.6 Å². The predicted molar refractivity (Wildman–Crippen MR) is 68.7 cm³/mol. The molecule has 0 amide bonds. The molecule has 0 fully saturated rings. The molecule has 0 aromatic heterocycles. The van der Waals surface area contributed by atoms with Gasteiger partial charge in [-0.05, 0) is 24.6 Å². The molecule has 1 aromatic carbocycles. The summed E-state index contributed by atoms with van der Waals surface area (Å²) in [5, 5.41) is 0.738. The zero-order chi connectivity index (χ0) is 11.3. The fraction of sp³-hybridized carbons (Fsp3) is 0.500. The maximum absolute atomic E-state index is 5.94. The predicted octanol–water partition coefficient (Wildman–Crippen LogP) is 3.55. The summed E-state index contributed by atoms with van der Waals surface area (Å²) in [5.74, 6) is 0. The van der Waals surface area contributed by atoms with Gasteiger partial charge in [-0.2, -0.15) is 0 Å².